The van der Waals surface area contributed by atoms with Crippen molar-refractivity contribution in [3.8, 4) is 22.8 Å². The van der Waals surface area contributed by atoms with E-state index in [1.54, 1.807) is 28.8 Å². The third kappa shape index (κ3) is 4.39. The molecule has 33 heavy (non-hydrogen) atoms. The molecular formula is C24H19N5O3S. The number of hydrogen-bond donors (Lipinski definition) is 1. The molecule has 2 aromatic heterocycles. The van der Waals surface area contributed by atoms with Gasteiger partial charge in [-0.25, -0.2) is 8.42 Å². The fraction of sp³-hybridized carbons (Fsp3) is 0.0417. The van der Waals surface area contributed by atoms with Crippen LogP contribution >= 0.6 is 0 Å². The van der Waals surface area contributed by atoms with Crippen LogP contribution in [0.3, 0.4) is 0 Å². The zero-order valence-corrected chi connectivity index (χ0v) is 18.4. The lowest BCUT2D eigenvalue weighted by molar-refractivity contribution is 0.482. The number of nitrogens with one attached hydrogen (secondary N) is 1. The van der Waals surface area contributed by atoms with E-state index < -0.39 is 10.0 Å². The maximum atomic E-state index is 12.8. The number of benzene rings is 3. The molecule has 0 radical (unpaired) electrons. The highest BCUT2D eigenvalue weighted by atomic mass is 32.2. The van der Waals surface area contributed by atoms with Gasteiger partial charge < -0.3 is 4.74 Å². The Kier molecular flexibility index (Phi) is 5.23. The number of rotatable bonds is 6. The first-order valence-electron chi connectivity index (χ1n) is 10.1. The van der Waals surface area contributed by atoms with E-state index in [1.165, 1.54) is 12.1 Å². The summed E-state index contributed by atoms with van der Waals surface area (Å²) in [4.78, 5) is 0.141. The number of anilines is 1. The molecule has 0 aliphatic rings. The number of aryl methyl sites for hydroxylation is 1. The Morgan fingerprint density at radius 3 is 2.21 bits per heavy atom. The highest BCUT2D eigenvalue weighted by Crippen LogP contribution is 2.25. The lowest BCUT2D eigenvalue weighted by Gasteiger charge is -2.10. The summed E-state index contributed by atoms with van der Waals surface area (Å²) < 4.78 is 35.6. The van der Waals surface area contributed by atoms with E-state index in [1.807, 2.05) is 61.5 Å². The average molecular weight is 458 g/mol. The van der Waals surface area contributed by atoms with Crippen LogP contribution in [0.15, 0.2) is 95.9 Å². The van der Waals surface area contributed by atoms with Crippen LogP contribution in [-0.4, -0.2) is 28.2 Å². The molecule has 5 aromatic rings. The van der Waals surface area contributed by atoms with Gasteiger partial charge in [-0.2, -0.15) is 9.61 Å². The quantitative estimate of drug-likeness (QED) is 0.397. The maximum Gasteiger partial charge on any atom is 0.261 e. The average Bonchev–Trinajstić information content (AvgIpc) is 3.20. The Morgan fingerprint density at radius 2 is 1.48 bits per heavy atom. The number of aromatic nitrogens is 4. The van der Waals surface area contributed by atoms with Gasteiger partial charge in [0.1, 0.15) is 11.5 Å². The molecular weight excluding hydrogens is 438 g/mol. The van der Waals surface area contributed by atoms with Crippen LogP contribution in [0.1, 0.15) is 5.82 Å². The Hall–Kier alpha value is -4.24. The van der Waals surface area contributed by atoms with Crippen LogP contribution in [0.2, 0.25) is 0 Å². The zero-order valence-electron chi connectivity index (χ0n) is 17.6. The lowest BCUT2D eigenvalue weighted by atomic mass is 10.1. The van der Waals surface area contributed by atoms with Gasteiger partial charge in [-0.1, -0.05) is 30.3 Å². The molecule has 0 aliphatic carbocycles. The second-order valence-electron chi connectivity index (χ2n) is 7.31. The van der Waals surface area contributed by atoms with Gasteiger partial charge in [0, 0.05) is 11.3 Å². The van der Waals surface area contributed by atoms with Gasteiger partial charge >= 0.3 is 0 Å². The number of hydrogen-bond acceptors (Lipinski definition) is 6. The maximum absolute atomic E-state index is 12.8. The van der Waals surface area contributed by atoms with Crippen molar-refractivity contribution in [3.63, 3.8) is 0 Å². The summed E-state index contributed by atoms with van der Waals surface area (Å²) in [6, 6.07) is 26.3. The van der Waals surface area contributed by atoms with E-state index >= 15 is 0 Å². The standard InChI is InChI=1S/C24H19N5O3S/c1-17-25-26-24-16-15-23(27-29(17)24)18-7-9-19(10-8-18)28-33(30,31)22-13-11-21(12-14-22)32-20-5-3-2-4-6-20/h2-16,28H,1H3. The first-order chi connectivity index (χ1) is 16.0. The van der Waals surface area contributed by atoms with Gasteiger partial charge in [0.25, 0.3) is 10.0 Å². The number of nitrogens with zero attached hydrogens (tertiary/aromatic N) is 4. The number of sulfonamides is 1. The fourth-order valence-electron chi connectivity index (χ4n) is 3.28. The first-order valence-corrected chi connectivity index (χ1v) is 11.6. The largest absolute Gasteiger partial charge is 0.457 e. The molecule has 5 rings (SSSR count). The van der Waals surface area contributed by atoms with Gasteiger partial charge in [0.2, 0.25) is 0 Å². The monoisotopic (exact) mass is 457 g/mol. The molecule has 0 atom stereocenters. The van der Waals surface area contributed by atoms with Crippen molar-refractivity contribution in [2.24, 2.45) is 0 Å². The highest BCUT2D eigenvalue weighted by Gasteiger charge is 2.15. The molecule has 3 aromatic carbocycles. The summed E-state index contributed by atoms with van der Waals surface area (Å²) in [5.41, 5.74) is 2.69. The van der Waals surface area contributed by atoms with Crippen molar-refractivity contribution in [1.29, 1.82) is 0 Å². The lowest BCUT2D eigenvalue weighted by Crippen LogP contribution is -2.12. The van der Waals surface area contributed by atoms with Crippen LogP contribution in [0.25, 0.3) is 16.9 Å². The second kappa shape index (κ2) is 8.36. The molecule has 2 heterocycles. The topological polar surface area (TPSA) is 98.5 Å². The van der Waals surface area contributed by atoms with E-state index in [0.29, 0.717) is 28.7 Å². The molecule has 0 saturated carbocycles. The summed E-state index contributed by atoms with van der Waals surface area (Å²) >= 11 is 0. The molecule has 0 bridgehead atoms. The van der Waals surface area contributed by atoms with Crippen LogP contribution < -0.4 is 9.46 Å². The second-order valence-corrected chi connectivity index (χ2v) is 8.99. The van der Waals surface area contributed by atoms with Crippen molar-refractivity contribution in [2.75, 3.05) is 4.72 Å². The van der Waals surface area contributed by atoms with Crippen molar-refractivity contribution in [1.82, 2.24) is 19.8 Å². The van der Waals surface area contributed by atoms with E-state index in [2.05, 4.69) is 20.0 Å². The minimum atomic E-state index is -3.75. The number of fused-ring (bicyclic) bond motifs is 1. The molecule has 0 spiro atoms. The minimum absolute atomic E-state index is 0.141. The predicted octanol–water partition coefficient (Wildman–Crippen LogP) is 4.69. The highest BCUT2D eigenvalue weighted by molar-refractivity contribution is 7.92. The van der Waals surface area contributed by atoms with Crippen LogP contribution in [-0.2, 0) is 10.0 Å². The van der Waals surface area contributed by atoms with E-state index in [0.717, 1.165) is 11.3 Å². The molecule has 8 nitrogen and oxygen atoms in total. The van der Waals surface area contributed by atoms with Crippen LogP contribution in [0, 0.1) is 6.92 Å². The summed E-state index contributed by atoms with van der Waals surface area (Å²) in [7, 11) is -3.75. The van der Waals surface area contributed by atoms with Gasteiger partial charge in [0.15, 0.2) is 11.5 Å². The van der Waals surface area contributed by atoms with Gasteiger partial charge in [-0.15, -0.1) is 10.2 Å². The van der Waals surface area contributed by atoms with Crippen molar-refractivity contribution < 1.29 is 13.2 Å². The Bertz CT molecular complexity index is 1510. The molecule has 0 fully saturated rings. The summed E-state index contributed by atoms with van der Waals surface area (Å²) in [6.45, 7) is 1.83. The summed E-state index contributed by atoms with van der Waals surface area (Å²) in [5, 5.41) is 12.6. The molecule has 0 aliphatic heterocycles. The Labute approximate surface area is 190 Å². The molecule has 9 heteroatoms. The third-order valence-electron chi connectivity index (χ3n) is 4.96. The summed E-state index contributed by atoms with van der Waals surface area (Å²) in [5.74, 6) is 1.92. The van der Waals surface area contributed by atoms with Crippen molar-refractivity contribution in [3.05, 3.63) is 96.8 Å². The van der Waals surface area contributed by atoms with E-state index in [9.17, 15) is 8.42 Å². The van der Waals surface area contributed by atoms with E-state index in [-0.39, 0.29) is 4.90 Å². The van der Waals surface area contributed by atoms with Crippen LogP contribution in [0.5, 0.6) is 11.5 Å². The molecule has 1 N–H and O–H groups in total. The number of ether oxygens (including phenoxy) is 1. The molecule has 0 amide bonds. The predicted molar refractivity (Wildman–Crippen MR) is 125 cm³/mol. The van der Waals surface area contributed by atoms with Crippen molar-refractivity contribution in [2.45, 2.75) is 11.8 Å². The molecule has 0 saturated heterocycles. The smallest absolute Gasteiger partial charge is 0.261 e. The number of para-hydroxylation sites is 1. The van der Waals surface area contributed by atoms with Crippen molar-refractivity contribution >= 4 is 21.4 Å². The SMILES string of the molecule is Cc1nnc2ccc(-c3ccc(NS(=O)(=O)c4ccc(Oc5ccccc5)cc4)cc3)nn12. The Morgan fingerprint density at radius 1 is 0.788 bits per heavy atom. The normalized spacial score (nSPS) is 11.4. The van der Waals surface area contributed by atoms with E-state index in [4.69, 9.17) is 4.74 Å². The van der Waals surface area contributed by atoms with Gasteiger partial charge in [0.05, 0.1) is 10.6 Å². The summed E-state index contributed by atoms with van der Waals surface area (Å²) in [6.07, 6.45) is 0. The minimum Gasteiger partial charge on any atom is -0.457 e. The van der Waals surface area contributed by atoms with Gasteiger partial charge in [-0.3, -0.25) is 4.72 Å². The molecule has 0 unspecified atom stereocenters. The molecule has 164 valence electrons. The van der Waals surface area contributed by atoms with Gasteiger partial charge in [-0.05, 0) is 67.6 Å². The first kappa shape index (κ1) is 20.7. The zero-order chi connectivity index (χ0) is 22.8. The fourth-order valence-corrected chi connectivity index (χ4v) is 4.34. The Balaban J connectivity index is 1.31. The third-order valence-corrected chi connectivity index (χ3v) is 6.36. The van der Waals surface area contributed by atoms with Crippen LogP contribution in [0.4, 0.5) is 5.69 Å².